The van der Waals surface area contributed by atoms with E-state index in [9.17, 15) is 8.78 Å². The molecule has 0 aliphatic heterocycles. The number of rotatable bonds is 11. The minimum atomic E-state index is -3.12. The number of halogens is 2. The Labute approximate surface area is 245 Å². The van der Waals surface area contributed by atoms with Gasteiger partial charge in [-0.1, -0.05) is 49.4 Å². The maximum Gasteiger partial charge on any atom is 0.353 e. The molecule has 0 radical (unpaired) electrons. The molecule has 0 bridgehead atoms. The van der Waals surface area contributed by atoms with Crippen molar-refractivity contribution in [3.8, 4) is 0 Å². The molecule has 0 atom stereocenters. The predicted molar refractivity (Wildman–Crippen MR) is 169 cm³/mol. The van der Waals surface area contributed by atoms with Crippen LogP contribution in [0.5, 0.6) is 0 Å². The highest BCUT2D eigenvalue weighted by atomic mass is 19.3. The van der Waals surface area contributed by atoms with Gasteiger partial charge in [-0.15, -0.1) is 0 Å². The molecule has 41 heavy (non-hydrogen) atoms. The van der Waals surface area contributed by atoms with E-state index in [4.69, 9.17) is 10.1 Å². The third kappa shape index (κ3) is 7.76. The van der Waals surface area contributed by atoms with Gasteiger partial charge in [0.25, 0.3) is 0 Å². The summed E-state index contributed by atoms with van der Waals surface area (Å²) in [6, 6.07) is 5.73. The normalized spacial score (nSPS) is 23.4. The number of anilines is 1. The SMILES string of the molecule is C=C(Nc1cc(C(=N)N=C(C)C2CC(OC(C)(F)F)C2)ccc1C)\C(C=NC)=C/C=C(\C=C/C)C1CC2(CCC2)C1.[HH]. The van der Waals surface area contributed by atoms with Crippen LogP contribution in [0.15, 0.2) is 75.9 Å². The van der Waals surface area contributed by atoms with Crippen LogP contribution in [0.2, 0.25) is 0 Å². The van der Waals surface area contributed by atoms with Gasteiger partial charge in [-0.2, -0.15) is 8.78 Å². The maximum absolute atomic E-state index is 13.1. The molecule has 7 heteroatoms. The van der Waals surface area contributed by atoms with E-state index in [-0.39, 0.29) is 13.2 Å². The van der Waals surface area contributed by atoms with Crippen molar-refractivity contribution in [2.24, 2.45) is 27.2 Å². The lowest BCUT2D eigenvalue weighted by molar-refractivity contribution is -0.265. The zero-order chi connectivity index (χ0) is 29.8. The zero-order valence-corrected chi connectivity index (χ0v) is 25.1. The minimum Gasteiger partial charge on any atom is -0.355 e. The Bertz CT molecular complexity index is 1300. The van der Waals surface area contributed by atoms with Crippen molar-refractivity contribution in [3.05, 3.63) is 77.1 Å². The number of nitrogens with one attached hydrogen (secondary N) is 2. The number of amidine groups is 1. The summed E-state index contributed by atoms with van der Waals surface area (Å²) in [5.74, 6) is 0.797. The highest BCUT2D eigenvalue weighted by molar-refractivity contribution is 6.06. The van der Waals surface area contributed by atoms with E-state index in [2.05, 4.69) is 53.1 Å². The van der Waals surface area contributed by atoms with Crippen molar-refractivity contribution >= 4 is 23.4 Å². The van der Waals surface area contributed by atoms with Gasteiger partial charge in [-0.05, 0) is 87.8 Å². The fourth-order valence-electron chi connectivity index (χ4n) is 6.14. The minimum absolute atomic E-state index is 0. The van der Waals surface area contributed by atoms with Gasteiger partial charge in [0.2, 0.25) is 0 Å². The highest BCUT2D eigenvalue weighted by Gasteiger charge is 2.48. The van der Waals surface area contributed by atoms with Crippen molar-refractivity contribution in [2.75, 3.05) is 12.4 Å². The van der Waals surface area contributed by atoms with Crippen LogP contribution >= 0.6 is 0 Å². The second kappa shape index (κ2) is 12.8. The molecule has 3 saturated carbocycles. The molecule has 3 aliphatic carbocycles. The average molecular weight is 565 g/mol. The van der Waals surface area contributed by atoms with Gasteiger partial charge < -0.3 is 10.1 Å². The Hall–Kier alpha value is -3.19. The van der Waals surface area contributed by atoms with Gasteiger partial charge in [-0.3, -0.25) is 10.4 Å². The third-order valence-electron chi connectivity index (χ3n) is 8.82. The molecule has 1 aromatic rings. The summed E-state index contributed by atoms with van der Waals surface area (Å²) >= 11 is 0. The molecule has 0 aromatic heterocycles. The fraction of sp³-hybridized carbons (Fsp3) is 0.500. The van der Waals surface area contributed by atoms with Crippen LogP contribution in [0.1, 0.15) is 78.3 Å². The lowest BCUT2D eigenvalue weighted by Crippen LogP contribution is -2.43. The number of aliphatic imine (C=N–C) groups is 2. The van der Waals surface area contributed by atoms with Crippen LogP contribution in [0.25, 0.3) is 0 Å². The number of ether oxygens (including phenoxy) is 1. The first-order valence-corrected chi connectivity index (χ1v) is 14.7. The number of allylic oxidation sites excluding steroid dienone is 6. The second-order valence-electron chi connectivity index (χ2n) is 12.1. The molecule has 0 heterocycles. The molecule has 0 unspecified atom stereocenters. The first-order valence-electron chi connectivity index (χ1n) is 14.7. The number of alkyl halides is 2. The second-order valence-corrected chi connectivity index (χ2v) is 12.1. The van der Waals surface area contributed by atoms with Gasteiger partial charge >= 0.3 is 6.11 Å². The molecular formula is C34H46F2N4O. The smallest absolute Gasteiger partial charge is 0.353 e. The molecule has 222 valence electrons. The van der Waals surface area contributed by atoms with Crippen molar-refractivity contribution in [2.45, 2.75) is 84.9 Å². The van der Waals surface area contributed by atoms with E-state index in [1.165, 1.54) is 37.7 Å². The van der Waals surface area contributed by atoms with E-state index in [1.807, 2.05) is 38.3 Å². The van der Waals surface area contributed by atoms with Crippen LogP contribution in [-0.4, -0.2) is 37.0 Å². The molecule has 4 rings (SSSR count). The largest absolute Gasteiger partial charge is 0.355 e. The summed E-state index contributed by atoms with van der Waals surface area (Å²) in [7, 11) is 1.75. The lowest BCUT2D eigenvalue weighted by Gasteiger charge is -2.54. The van der Waals surface area contributed by atoms with Crippen molar-refractivity contribution in [1.29, 1.82) is 5.41 Å². The van der Waals surface area contributed by atoms with Gasteiger partial charge in [0.05, 0.1) is 6.10 Å². The van der Waals surface area contributed by atoms with E-state index in [0.29, 0.717) is 29.7 Å². The first kappa shape index (κ1) is 30.8. The molecule has 5 nitrogen and oxygen atoms in total. The van der Waals surface area contributed by atoms with E-state index >= 15 is 0 Å². The topological polar surface area (TPSA) is 69.8 Å². The third-order valence-corrected chi connectivity index (χ3v) is 8.82. The quantitative estimate of drug-likeness (QED) is 0.160. The Kier molecular flexibility index (Phi) is 9.58. The molecule has 0 saturated heterocycles. The molecule has 1 spiro atoms. The zero-order valence-electron chi connectivity index (χ0n) is 25.1. The number of nitrogens with zero attached hydrogens (tertiary/aromatic N) is 2. The van der Waals surface area contributed by atoms with E-state index < -0.39 is 12.2 Å². The Morgan fingerprint density at radius 3 is 2.51 bits per heavy atom. The van der Waals surface area contributed by atoms with Crippen molar-refractivity contribution in [3.63, 3.8) is 0 Å². The Morgan fingerprint density at radius 2 is 1.93 bits per heavy atom. The first-order chi connectivity index (χ1) is 19.4. The number of benzene rings is 1. The van der Waals surface area contributed by atoms with E-state index in [0.717, 1.165) is 35.2 Å². The van der Waals surface area contributed by atoms with Crippen LogP contribution in [-0.2, 0) is 4.74 Å². The Balaban J connectivity index is 0.00000484. The van der Waals surface area contributed by atoms with Crippen molar-refractivity contribution < 1.29 is 14.9 Å². The molecule has 3 fully saturated rings. The molecule has 1 aromatic carbocycles. The Morgan fingerprint density at radius 1 is 1.22 bits per heavy atom. The number of aryl methyl sites for hydroxylation is 1. The monoisotopic (exact) mass is 564 g/mol. The van der Waals surface area contributed by atoms with Gasteiger partial charge in [-0.25, -0.2) is 4.99 Å². The van der Waals surface area contributed by atoms with Crippen LogP contribution in [0.4, 0.5) is 14.5 Å². The van der Waals surface area contributed by atoms with Gasteiger partial charge in [0.15, 0.2) is 5.84 Å². The van der Waals surface area contributed by atoms with Gasteiger partial charge in [0.1, 0.15) is 0 Å². The summed E-state index contributed by atoms with van der Waals surface area (Å²) in [6.45, 7) is 11.0. The van der Waals surface area contributed by atoms with Crippen molar-refractivity contribution in [1.82, 2.24) is 0 Å². The number of hydrogen-bond acceptors (Lipinski definition) is 4. The number of hydrogen-bond donors (Lipinski definition) is 2. The average Bonchev–Trinajstić information content (AvgIpc) is 2.82. The summed E-state index contributed by atoms with van der Waals surface area (Å²) < 4.78 is 30.9. The highest BCUT2D eigenvalue weighted by Crippen LogP contribution is 2.60. The summed E-state index contributed by atoms with van der Waals surface area (Å²) in [5, 5.41) is 12.0. The standard InChI is InChI=1S/C34H44F2N4O.H2/c1-7-9-25(29-19-34(20-29)14-8-15-34)12-13-27(21-38-6)23(3)39-31-18-26(11-10-22(31)2)32(37)40-24(4)28-16-30(17-28)41-33(5,35)36;/h7,9-13,18,21,28-30,37,39H,3,8,14-17,19-20H2,1-2,4-6H3;1H/b9-7-,25-12+,27-13-,37-32?,38-21?,40-24?;. The summed E-state index contributed by atoms with van der Waals surface area (Å²) in [6.07, 6.45) is 14.6. The predicted octanol–water partition coefficient (Wildman–Crippen LogP) is 9.07. The van der Waals surface area contributed by atoms with Crippen LogP contribution < -0.4 is 5.32 Å². The van der Waals surface area contributed by atoms with E-state index in [1.54, 1.807) is 7.05 Å². The summed E-state index contributed by atoms with van der Waals surface area (Å²) in [5.41, 5.74) is 6.86. The van der Waals surface area contributed by atoms with Crippen LogP contribution in [0.3, 0.4) is 0 Å². The molecule has 2 N–H and O–H groups in total. The molecule has 0 amide bonds. The lowest BCUT2D eigenvalue weighted by atomic mass is 9.50. The van der Waals surface area contributed by atoms with Crippen LogP contribution in [0, 0.1) is 29.6 Å². The molecule has 3 aliphatic rings. The van der Waals surface area contributed by atoms with Gasteiger partial charge in [0, 0.05) is 55.8 Å². The molecular weight excluding hydrogens is 518 g/mol. The fourth-order valence-corrected chi connectivity index (χ4v) is 6.14. The maximum atomic E-state index is 13.1. The summed E-state index contributed by atoms with van der Waals surface area (Å²) in [4.78, 5) is 8.75.